The summed E-state index contributed by atoms with van der Waals surface area (Å²) in [7, 11) is -2.12. The largest absolute Gasteiger partial charge is 0.465 e. The van der Waals surface area contributed by atoms with Crippen LogP contribution in [0.3, 0.4) is 0 Å². The number of ether oxygens (including phenoxy) is 1. The zero-order valence-electron chi connectivity index (χ0n) is 11.3. The summed E-state index contributed by atoms with van der Waals surface area (Å²) in [5.74, 6) is -0.619. The van der Waals surface area contributed by atoms with E-state index in [0.29, 0.717) is 17.7 Å². The maximum Gasteiger partial charge on any atom is 0.337 e. The molecule has 0 spiro atoms. The van der Waals surface area contributed by atoms with Gasteiger partial charge in [-0.15, -0.1) is 0 Å². The van der Waals surface area contributed by atoms with E-state index in [1.165, 1.54) is 13.2 Å². The lowest BCUT2D eigenvalue weighted by molar-refractivity contribution is 0.0600. The molecule has 0 radical (unpaired) electrons. The van der Waals surface area contributed by atoms with E-state index in [1.807, 2.05) is 0 Å². The zero-order valence-corrected chi connectivity index (χ0v) is 12.1. The summed E-state index contributed by atoms with van der Waals surface area (Å²) in [4.78, 5) is 11.4. The quantitative estimate of drug-likeness (QED) is 0.762. The molecule has 1 saturated heterocycles. The zero-order chi connectivity index (χ0) is 14.6. The molecular formula is C13H18N2O4S. The summed E-state index contributed by atoms with van der Waals surface area (Å²) in [5, 5.41) is 3.10. The molecule has 1 aliphatic rings. The molecule has 1 fully saturated rings. The minimum atomic E-state index is -3.41. The average molecular weight is 298 g/mol. The van der Waals surface area contributed by atoms with Crippen molar-refractivity contribution in [2.45, 2.75) is 18.2 Å². The minimum Gasteiger partial charge on any atom is -0.465 e. The highest BCUT2D eigenvalue weighted by molar-refractivity contribution is 7.88. The molecule has 1 aromatic rings. The van der Waals surface area contributed by atoms with E-state index in [4.69, 9.17) is 0 Å². The van der Waals surface area contributed by atoms with Gasteiger partial charge in [0.15, 0.2) is 0 Å². The highest BCUT2D eigenvalue weighted by atomic mass is 32.2. The molecule has 0 saturated carbocycles. The van der Waals surface area contributed by atoms with Crippen molar-refractivity contribution >= 4 is 16.0 Å². The van der Waals surface area contributed by atoms with Gasteiger partial charge in [-0.05, 0) is 30.7 Å². The fraction of sp³-hybridized carbons (Fsp3) is 0.462. The summed E-state index contributed by atoms with van der Waals surface area (Å²) in [6.45, 7) is 1.48. The number of rotatable bonds is 5. The summed E-state index contributed by atoms with van der Waals surface area (Å²) < 4.78 is 31.4. The lowest BCUT2D eigenvalue weighted by Gasteiger charge is -2.12. The summed E-state index contributed by atoms with van der Waals surface area (Å²) >= 11 is 0. The van der Waals surface area contributed by atoms with Crippen LogP contribution in [0.15, 0.2) is 24.3 Å². The topological polar surface area (TPSA) is 84.5 Å². The number of methoxy groups -OCH3 is 1. The van der Waals surface area contributed by atoms with Crippen LogP contribution in [0.4, 0.5) is 0 Å². The first kappa shape index (κ1) is 15.0. The fourth-order valence-corrected chi connectivity index (χ4v) is 3.59. The molecule has 1 unspecified atom stereocenters. The predicted molar refractivity (Wildman–Crippen MR) is 74.8 cm³/mol. The van der Waals surface area contributed by atoms with Gasteiger partial charge in [0.2, 0.25) is 10.0 Å². The molecule has 2 rings (SSSR count). The van der Waals surface area contributed by atoms with Crippen LogP contribution in [0.1, 0.15) is 22.3 Å². The van der Waals surface area contributed by atoms with Crippen LogP contribution in [0.2, 0.25) is 0 Å². The molecule has 6 nitrogen and oxygen atoms in total. The summed E-state index contributed by atoms with van der Waals surface area (Å²) in [6.07, 6.45) is 0.793. The Morgan fingerprint density at radius 2 is 2.30 bits per heavy atom. The Morgan fingerprint density at radius 1 is 1.50 bits per heavy atom. The van der Waals surface area contributed by atoms with Gasteiger partial charge in [0.25, 0.3) is 0 Å². The Morgan fingerprint density at radius 3 is 2.95 bits per heavy atom. The van der Waals surface area contributed by atoms with Gasteiger partial charge in [-0.2, -0.15) is 0 Å². The van der Waals surface area contributed by atoms with Gasteiger partial charge in [0.1, 0.15) is 0 Å². The van der Waals surface area contributed by atoms with E-state index >= 15 is 0 Å². The number of benzene rings is 1. The lowest BCUT2D eigenvalue weighted by Crippen LogP contribution is -2.36. The van der Waals surface area contributed by atoms with Crippen LogP contribution in [0.25, 0.3) is 0 Å². The van der Waals surface area contributed by atoms with Gasteiger partial charge in [0, 0.05) is 12.6 Å². The Kier molecular flexibility index (Phi) is 4.74. The van der Waals surface area contributed by atoms with Crippen LogP contribution in [-0.4, -0.2) is 40.6 Å². The molecule has 0 aromatic heterocycles. The molecule has 1 aromatic carbocycles. The van der Waals surface area contributed by atoms with Gasteiger partial charge in [-0.3, -0.25) is 0 Å². The van der Waals surface area contributed by atoms with E-state index in [9.17, 15) is 13.2 Å². The lowest BCUT2D eigenvalue weighted by atomic mass is 10.1. The van der Waals surface area contributed by atoms with E-state index in [-0.39, 0.29) is 11.8 Å². The maximum absolute atomic E-state index is 12.1. The van der Waals surface area contributed by atoms with Crippen molar-refractivity contribution in [3.05, 3.63) is 35.4 Å². The standard InChI is InChI=1S/C13H18N2O4S/c1-19-13(16)11-4-2-3-10(7-11)9-20(17,18)15-12-5-6-14-8-12/h2-4,7,12,14-15H,5-6,8-9H2,1H3. The SMILES string of the molecule is COC(=O)c1cccc(CS(=O)(=O)NC2CCNC2)c1. The smallest absolute Gasteiger partial charge is 0.337 e. The van der Waals surface area contributed by atoms with Crippen molar-refractivity contribution in [2.75, 3.05) is 20.2 Å². The first-order valence-electron chi connectivity index (χ1n) is 6.38. The number of hydrogen-bond acceptors (Lipinski definition) is 5. The molecule has 110 valence electrons. The van der Waals surface area contributed by atoms with Gasteiger partial charge >= 0.3 is 5.97 Å². The third-order valence-corrected chi connectivity index (χ3v) is 4.52. The second-order valence-corrected chi connectivity index (χ2v) is 6.51. The molecular weight excluding hydrogens is 280 g/mol. The average Bonchev–Trinajstić information content (AvgIpc) is 2.89. The van der Waals surface area contributed by atoms with Crippen molar-refractivity contribution in [1.29, 1.82) is 0 Å². The van der Waals surface area contributed by atoms with Crippen LogP contribution in [0.5, 0.6) is 0 Å². The normalized spacial score (nSPS) is 18.9. The van der Waals surface area contributed by atoms with Crippen molar-refractivity contribution in [3.63, 3.8) is 0 Å². The monoisotopic (exact) mass is 298 g/mol. The Balaban J connectivity index is 2.06. The van der Waals surface area contributed by atoms with Gasteiger partial charge in [-0.25, -0.2) is 17.9 Å². The summed E-state index contributed by atoms with van der Waals surface area (Å²) in [6, 6.07) is 6.41. The number of sulfonamides is 1. The van der Waals surface area contributed by atoms with Crippen molar-refractivity contribution in [3.8, 4) is 0 Å². The van der Waals surface area contributed by atoms with E-state index in [1.54, 1.807) is 18.2 Å². The molecule has 2 N–H and O–H groups in total. The highest BCUT2D eigenvalue weighted by Gasteiger charge is 2.21. The van der Waals surface area contributed by atoms with E-state index in [0.717, 1.165) is 13.0 Å². The fourth-order valence-electron chi connectivity index (χ4n) is 2.18. The number of nitrogens with one attached hydrogen (secondary N) is 2. The molecule has 1 heterocycles. The van der Waals surface area contributed by atoms with Gasteiger partial charge < -0.3 is 10.1 Å². The van der Waals surface area contributed by atoms with Crippen molar-refractivity contribution in [2.24, 2.45) is 0 Å². The highest BCUT2D eigenvalue weighted by Crippen LogP contribution is 2.11. The molecule has 0 bridgehead atoms. The van der Waals surface area contributed by atoms with Crippen LogP contribution in [-0.2, 0) is 20.5 Å². The Hall–Kier alpha value is -1.44. The number of carbonyl (C=O) groups excluding carboxylic acids is 1. The first-order valence-corrected chi connectivity index (χ1v) is 8.03. The summed E-state index contributed by atoms with van der Waals surface area (Å²) in [5.41, 5.74) is 0.911. The van der Waals surface area contributed by atoms with Crippen molar-refractivity contribution in [1.82, 2.24) is 10.0 Å². The van der Waals surface area contributed by atoms with Crippen LogP contribution in [0, 0.1) is 0 Å². The van der Waals surface area contributed by atoms with Crippen molar-refractivity contribution < 1.29 is 17.9 Å². The number of carbonyl (C=O) groups is 1. The van der Waals surface area contributed by atoms with Gasteiger partial charge in [0.05, 0.1) is 18.4 Å². The second kappa shape index (κ2) is 6.34. The minimum absolute atomic E-state index is 0.0520. The number of esters is 1. The molecule has 20 heavy (non-hydrogen) atoms. The third kappa shape index (κ3) is 4.03. The third-order valence-electron chi connectivity index (χ3n) is 3.11. The molecule has 0 amide bonds. The molecule has 0 aliphatic carbocycles. The van der Waals surface area contributed by atoms with Crippen LogP contribution >= 0.6 is 0 Å². The number of hydrogen-bond donors (Lipinski definition) is 2. The Labute approximate surface area is 118 Å². The molecule has 1 aliphatic heterocycles. The van der Waals surface area contributed by atoms with E-state index in [2.05, 4.69) is 14.8 Å². The Bertz CT molecular complexity index is 580. The second-order valence-electron chi connectivity index (χ2n) is 4.76. The van der Waals surface area contributed by atoms with Gasteiger partial charge in [-0.1, -0.05) is 12.1 Å². The maximum atomic E-state index is 12.1. The van der Waals surface area contributed by atoms with E-state index < -0.39 is 16.0 Å². The predicted octanol–water partition coefficient (Wildman–Crippen LogP) is 0.254. The van der Waals surface area contributed by atoms with Crippen LogP contribution < -0.4 is 10.0 Å². The molecule has 7 heteroatoms. The molecule has 1 atom stereocenters. The first-order chi connectivity index (χ1) is 9.50.